The summed E-state index contributed by atoms with van der Waals surface area (Å²) in [4.78, 5) is 4.08. The largest absolute Gasteiger partial charge is 0.322 e. The molecule has 1 aromatic rings. The van der Waals surface area contributed by atoms with E-state index in [1.54, 1.807) is 6.07 Å². The Hall–Kier alpha value is -0.960. The van der Waals surface area contributed by atoms with Gasteiger partial charge in [0, 0.05) is 6.04 Å². The zero-order chi connectivity index (χ0) is 11.4. The van der Waals surface area contributed by atoms with E-state index in [9.17, 15) is 4.39 Å². The number of hydrogen-bond donors (Lipinski definition) is 1. The molecule has 1 aliphatic carbocycles. The molecule has 1 saturated carbocycles. The molecule has 0 aromatic carbocycles. The number of aromatic nitrogens is 1. The maximum Gasteiger partial charge on any atom is 0.141 e. The monoisotopic (exact) mass is 222 g/mol. The Morgan fingerprint density at radius 3 is 2.44 bits per heavy atom. The average molecular weight is 222 g/mol. The van der Waals surface area contributed by atoms with Gasteiger partial charge in [0.05, 0.1) is 11.9 Å². The smallest absolute Gasteiger partial charge is 0.141 e. The van der Waals surface area contributed by atoms with E-state index in [0.717, 1.165) is 5.69 Å². The number of nitrogens with zero attached hydrogens (tertiary/aromatic N) is 1. The summed E-state index contributed by atoms with van der Waals surface area (Å²) in [5.41, 5.74) is 7.03. The van der Waals surface area contributed by atoms with Crippen LogP contribution in [-0.2, 0) is 0 Å². The number of hydrogen-bond acceptors (Lipinski definition) is 2. The second kappa shape index (κ2) is 5.39. The number of pyridine rings is 1. The van der Waals surface area contributed by atoms with Gasteiger partial charge in [0.1, 0.15) is 5.82 Å². The Morgan fingerprint density at radius 1 is 1.19 bits per heavy atom. The third-order valence-corrected chi connectivity index (χ3v) is 3.50. The summed E-state index contributed by atoms with van der Waals surface area (Å²) >= 11 is 0. The SMILES string of the molecule is NC(c1ccc(F)cn1)C1CCCCCC1. The summed E-state index contributed by atoms with van der Waals surface area (Å²) in [7, 11) is 0. The Kier molecular flexibility index (Phi) is 3.88. The molecular formula is C13H19FN2. The Bertz CT molecular complexity index is 315. The van der Waals surface area contributed by atoms with Crippen LogP contribution in [0.15, 0.2) is 18.3 Å². The molecule has 0 saturated heterocycles. The van der Waals surface area contributed by atoms with Crippen LogP contribution in [0.1, 0.15) is 50.3 Å². The molecule has 2 nitrogen and oxygen atoms in total. The summed E-state index contributed by atoms with van der Waals surface area (Å²) < 4.78 is 12.8. The standard InChI is InChI=1S/C13H19FN2/c14-11-7-8-12(16-9-11)13(15)10-5-3-1-2-4-6-10/h7-10,13H,1-6,15H2. The molecule has 16 heavy (non-hydrogen) atoms. The van der Waals surface area contributed by atoms with Crippen molar-refractivity contribution in [3.05, 3.63) is 29.8 Å². The highest BCUT2D eigenvalue weighted by Crippen LogP contribution is 2.31. The van der Waals surface area contributed by atoms with Crippen molar-refractivity contribution in [2.45, 2.75) is 44.6 Å². The van der Waals surface area contributed by atoms with Gasteiger partial charge in [0.2, 0.25) is 0 Å². The van der Waals surface area contributed by atoms with Crippen LogP contribution in [0.3, 0.4) is 0 Å². The normalized spacial score (nSPS) is 20.4. The Balaban J connectivity index is 2.04. The first kappa shape index (κ1) is 11.5. The van der Waals surface area contributed by atoms with Crippen LogP contribution in [0, 0.1) is 11.7 Å². The molecule has 2 rings (SSSR count). The maximum atomic E-state index is 12.8. The topological polar surface area (TPSA) is 38.9 Å². The minimum absolute atomic E-state index is 0.0290. The van der Waals surface area contributed by atoms with Crippen molar-refractivity contribution in [3.63, 3.8) is 0 Å². The summed E-state index contributed by atoms with van der Waals surface area (Å²) in [6.45, 7) is 0. The Labute approximate surface area is 96.1 Å². The second-order valence-electron chi connectivity index (χ2n) is 4.68. The lowest BCUT2D eigenvalue weighted by atomic mass is 9.90. The van der Waals surface area contributed by atoms with Gasteiger partial charge in [-0.1, -0.05) is 25.7 Å². The third kappa shape index (κ3) is 2.79. The van der Waals surface area contributed by atoms with Gasteiger partial charge in [-0.2, -0.15) is 0 Å². The van der Waals surface area contributed by atoms with Gasteiger partial charge in [-0.3, -0.25) is 4.98 Å². The summed E-state index contributed by atoms with van der Waals surface area (Å²) in [6.07, 6.45) is 8.78. The zero-order valence-corrected chi connectivity index (χ0v) is 9.53. The lowest BCUT2D eigenvalue weighted by Gasteiger charge is -2.21. The van der Waals surface area contributed by atoms with E-state index >= 15 is 0 Å². The maximum absolute atomic E-state index is 12.8. The van der Waals surface area contributed by atoms with Crippen LogP contribution in [0.4, 0.5) is 4.39 Å². The van der Waals surface area contributed by atoms with Crippen molar-refractivity contribution in [1.82, 2.24) is 4.98 Å². The average Bonchev–Trinajstić information content (AvgIpc) is 2.57. The molecule has 88 valence electrons. The van der Waals surface area contributed by atoms with Crippen LogP contribution in [0.2, 0.25) is 0 Å². The highest BCUT2D eigenvalue weighted by atomic mass is 19.1. The van der Waals surface area contributed by atoms with Crippen LogP contribution >= 0.6 is 0 Å². The molecule has 0 amide bonds. The highest BCUT2D eigenvalue weighted by Gasteiger charge is 2.21. The fourth-order valence-corrected chi connectivity index (χ4v) is 2.50. The number of halogens is 1. The molecule has 1 heterocycles. The van der Waals surface area contributed by atoms with Gasteiger partial charge >= 0.3 is 0 Å². The van der Waals surface area contributed by atoms with Gasteiger partial charge < -0.3 is 5.73 Å². The first-order valence-electron chi connectivity index (χ1n) is 6.14. The molecule has 0 radical (unpaired) electrons. The van der Waals surface area contributed by atoms with Crippen LogP contribution in [-0.4, -0.2) is 4.98 Å². The molecule has 0 spiro atoms. The number of rotatable bonds is 2. The van der Waals surface area contributed by atoms with Gasteiger partial charge in [-0.25, -0.2) is 4.39 Å². The predicted octanol–water partition coefficient (Wildman–Crippen LogP) is 3.19. The van der Waals surface area contributed by atoms with E-state index in [2.05, 4.69) is 4.98 Å². The van der Waals surface area contributed by atoms with Crippen LogP contribution in [0.25, 0.3) is 0 Å². The van der Waals surface area contributed by atoms with Gasteiger partial charge in [-0.15, -0.1) is 0 Å². The summed E-state index contributed by atoms with van der Waals surface area (Å²) in [5.74, 6) is 0.220. The van der Waals surface area contributed by atoms with E-state index in [1.807, 2.05) is 0 Å². The third-order valence-electron chi connectivity index (χ3n) is 3.50. The summed E-state index contributed by atoms with van der Waals surface area (Å²) in [5, 5.41) is 0. The molecule has 2 N–H and O–H groups in total. The molecule has 0 bridgehead atoms. The number of nitrogens with two attached hydrogens (primary N) is 1. The minimum atomic E-state index is -0.295. The fraction of sp³-hybridized carbons (Fsp3) is 0.615. The van der Waals surface area contributed by atoms with E-state index in [-0.39, 0.29) is 11.9 Å². The van der Waals surface area contributed by atoms with Crippen molar-refractivity contribution in [2.24, 2.45) is 11.7 Å². The van der Waals surface area contributed by atoms with E-state index in [1.165, 1.54) is 50.8 Å². The molecular weight excluding hydrogens is 203 g/mol. The van der Waals surface area contributed by atoms with Gasteiger partial charge in [-0.05, 0) is 30.9 Å². The molecule has 1 atom stereocenters. The van der Waals surface area contributed by atoms with Crippen LogP contribution in [0.5, 0.6) is 0 Å². The molecule has 1 fully saturated rings. The minimum Gasteiger partial charge on any atom is -0.322 e. The molecule has 1 aliphatic rings. The first-order valence-corrected chi connectivity index (χ1v) is 6.14. The van der Waals surface area contributed by atoms with E-state index < -0.39 is 0 Å². The quantitative estimate of drug-likeness (QED) is 0.780. The second-order valence-corrected chi connectivity index (χ2v) is 4.68. The van der Waals surface area contributed by atoms with Crippen molar-refractivity contribution in [3.8, 4) is 0 Å². The fourth-order valence-electron chi connectivity index (χ4n) is 2.50. The van der Waals surface area contributed by atoms with E-state index in [0.29, 0.717) is 5.92 Å². The molecule has 1 aromatic heterocycles. The van der Waals surface area contributed by atoms with Crippen molar-refractivity contribution in [2.75, 3.05) is 0 Å². The van der Waals surface area contributed by atoms with Crippen molar-refractivity contribution < 1.29 is 4.39 Å². The zero-order valence-electron chi connectivity index (χ0n) is 9.53. The highest BCUT2D eigenvalue weighted by molar-refractivity contribution is 5.10. The lowest BCUT2D eigenvalue weighted by Crippen LogP contribution is -2.22. The van der Waals surface area contributed by atoms with Crippen molar-refractivity contribution >= 4 is 0 Å². The van der Waals surface area contributed by atoms with Gasteiger partial charge in [0.25, 0.3) is 0 Å². The molecule has 1 unspecified atom stereocenters. The molecule has 0 aliphatic heterocycles. The molecule has 3 heteroatoms. The van der Waals surface area contributed by atoms with Gasteiger partial charge in [0.15, 0.2) is 0 Å². The first-order chi connectivity index (χ1) is 7.77. The summed E-state index contributed by atoms with van der Waals surface area (Å²) in [6, 6.07) is 3.13. The van der Waals surface area contributed by atoms with Crippen LogP contribution < -0.4 is 5.73 Å². The lowest BCUT2D eigenvalue weighted by molar-refractivity contribution is 0.376. The predicted molar refractivity (Wildman–Crippen MR) is 62.3 cm³/mol. The van der Waals surface area contributed by atoms with Crippen molar-refractivity contribution in [1.29, 1.82) is 0 Å². The van der Waals surface area contributed by atoms with E-state index in [4.69, 9.17) is 5.73 Å². The Morgan fingerprint density at radius 2 is 1.88 bits per heavy atom.